The lowest BCUT2D eigenvalue weighted by atomic mass is 10.1. The normalized spacial score (nSPS) is 12.1. The van der Waals surface area contributed by atoms with Gasteiger partial charge in [0.15, 0.2) is 0 Å². The van der Waals surface area contributed by atoms with Gasteiger partial charge in [-0.05, 0) is 42.3 Å². The molecule has 0 aliphatic heterocycles. The standard InChI is InChI=1S/C24H22ClN3O3/c1-15(7-8-16(2)25)13-28-14-20-5-4-6-21(22(20)27-28)23(29)26-17(3)18-9-11-19(12-10-18)24(30)31/h4-12,14,17H,1-2,13H2,3H3,(H,26,29)(H,30,31)/b8-7-. The average Bonchev–Trinajstić information content (AvgIpc) is 3.14. The Balaban J connectivity index is 1.77. The van der Waals surface area contributed by atoms with Gasteiger partial charge in [-0.2, -0.15) is 5.10 Å². The maximum atomic E-state index is 12.9. The zero-order valence-electron chi connectivity index (χ0n) is 17.0. The number of rotatable bonds is 8. The van der Waals surface area contributed by atoms with Gasteiger partial charge in [-0.1, -0.05) is 55.1 Å². The number of hydrogen-bond acceptors (Lipinski definition) is 3. The number of halogens is 1. The molecular weight excluding hydrogens is 414 g/mol. The summed E-state index contributed by atoms with van der Waals surface area (Å²) in [5.41, 5.74) is 2.84. The fraction of sp³-hybridized carbons (Fsp3) is 0.125. The molecule has 0 fully saturated rings. The molecule has 2 N–H and O–H groups in total. The Morgan fingerprint density at radius 1 is 1.19 bits per heavy atom. The van der Waals surface area contributed by atoms with E-state index in [-0.39, 0.29) is 17.5 Å². The molecule has 1 atom stereocenters. The van der Waals surface area contributed by atoms with E-state index in [2.05, 4.69) is 23.6 Å². The van der Waals surface area contributed by atoms with E-state index < -0.39 is 5.97 Å². The van der Waals surface area contributed by atoms with E-state index in [1.165, 1.54) is 12.1 Å². The molecule has 1 aromatic heterocycles. The summed E-state index contributed by atoms with van der Waals surface area (Å²) in [6.45, 7) is 9.87. The van der Waals surface area contributed by atoms with Gasteiger partial charge in [-0.15, -0.1) is 0 Å². The van der Waals surface area contributed by atoms with Crippen LogP contribution in [-0.2, 0) is 6.54 Å². The Morgan fingerprint density at radius 3 is 2.55 bits per heavy atom. The van der Waals surface area contributed by atoms with Gasteiger partial charge in [0.1, 0.15) is 5.52 Å². The Morgan fingerprint density at radius 2 is 1.90 bits per heavy atom. The van der Waals surface area contributed by atoms with Gasteiger partial charge in [0, 0.05) is 16.6 Å². The largest absolute Gasteiger partial charge is 0.478 e. The lowest BCUT2D eigenvalue weighted by Crippen LogP contribution is -2.27. The number of carbonyl (C=O) groups is 2. The highest BCUT2D eigenvalue weighted by Crippen LogP contribution is 2.20. The number of hydrogen-bond donors (Lipinski definition) is 2. The number of aromatic carboxylic acids is 1. The quantitative estimate of drug-likeness (QED) is 0.482. The second kappa shape index (κ2) is 9.45. The third-order valence-corrected chi connectivity index (χ3v) is 4.82. The monoisotopic (exact) mass is 435 g/mol. The summed E-state index contributed by atoms with van der Waals surface area (Å²) in [5.74, 6) is -1.25. The topological polar surface area (TPSA) is 84.2 Å². The molecule has 0 spiro atoms. The zero-order chi connectivity index (χ0) is 22.5. The molecule has 0 saturated carbocycles. The third-order valence-electron chi connectivity index (χ3n) is 4.70. The van der Waals surface area contributed by atoms with Crippen molar-refractivity contribution in [2.24, 2.45) is 0 Å². The van der Waals surface area contributed by atoms with Crippen molar-refractivity contribution >= 4 is 34.4 Å². The van der Waals surface area contributed by atoms with Crippen LogP contribution in [0.4, 0.5) is 0 Å². The van der Waals surface area contributed by atoms with Crippen molar-refractivity contribution in [3.8, 4) is 0 Å². The van der Waals surface area contributed by atoms with Gasteiger partial charge in [0.2, 0.25) is 0 Å². The lowest BCUT2D eigenvalue weighted by molar-refractivity contribution is 0.0696. The molecule has 0 bridgehead atoms. The average molecular weight is 436 g/mol. The molecular formula is C24H22ClN3O3. The third kappa shape index (κ3) is 5.49. The summed E-state index contributed by atoms with van der Waals surface area (Å²) in [6.07, 6.45) is 5.29. The number of amides is 1. The lowest BCUT2D eigenvalue weighted by Gasteiger charge is -2.15. The van der Waals surface area contributed by atoms with E-state index in [0.29, 0.717) is 22.7 Å². The Kier molecular flexibility index (Phi) is 6.72. The fourth-order valence-electron chi connectivity index (χ4n) is 3.10. The van der Waals surface area contributed by atoms with E-state index in [0.717, 1.165) is 16.5 Å². The highest BCUT2D eigenvalue weighted by atomic mass is 35.5. The molecule has 0 aliphatic rings. The second-order valence-electron chi connectivity index (χ2n) is 7.13. The van der Waals surface area contributed by atoms with Crippen molar-refractivity contribution in [1.82, 2.24) is 15.1 Å². The molecule has 1 unspecified atom stereocenters. The van der Waals surface area contributed by atoms with Crippen LogP contribution in [0, 0.1) is 0 Å². The van der Waals surface area contributed by atoms with Crippen LogP contribution in [0.5, 0.6) is 0 Å². The Hall–Kier alpha value is -3.64. The number of nitrogens with one attached hydrogen (secondary N) is 1. The maximum absolute atomic E-state index is 12.9. The molecule has 158 valence electrons. The molecule has 0 aliphatic carbocycles. The highest BCUT2D eigenvalue weighted by Gasteiger charge is 2.16. The number of carboxylic acid groups (broad SMARTS) is 1. The number of allylic oxidation sites excluding steroid dienone is 4. The van der Waals surface area contributed by atoms with Gasteiger partial charge >= 0.3 is 5.97 Å². The van der Waals surface area contributed by atoms with Crippen LogP contribution in [-0.4, -0.2) is 26.8 Å². The van der Waals surface area contributed by atoms with Gasteiger partial charge in [-0.25, -0.2) is 4.79 Å². The van der Waals surface area contributed by atoms with Crippen LogP contribution < -0.4 is 5.32 Å². The summed E-state index contributed by atoms with van der Waals surface area (Å²) in [5, 5.41) is 17.8. The first-order valence-corrected chi connectivity index (χ1v) is 9.93. The molecule has 0 saturated heterocycles. The van der Waals surface area contributed by atoms with Crippen molar-refractivity contribution in [2.45, 2.75) is 19.5 Å². The number of benzene rings is 2. The minimum Gasteiger partial charge on any atom is -0.478 e. The molecule has 7 heteroatoms. The molecule has 2 aromatic carbocycles. The molecule has 1 amide bonds. The molecule has 31 heavy (non-hydrogen) atoms. The number of nitrogens with zero attached hydrogens (tertiary/aromatic N) is 2. The minimum absolute atomic E-state index is 0.198. The summed E-state index contributed by atoms with van der Waals surface area (Å²) < 4.78 is 1.72. The van der Waals surface area contributed by atoms with Gasteiger partial charge in [-0.3, -0.25) is 9.48 Å². The van der Waals surface area contributed by atoms with Crippen LogP contribution in [0.3, 0.4) is 0 Å². The van der Waals surface area contributed by atoms with E-state index in [1.54, 1.807) is 35.0 Å². The summed E-state index contributed by atoms with van der Waals surface area (Å²) in [7, 11) is 0. The highest BCUT2D eigenvalue weighted by molar-refractivity contribution is 6.30. The number of aromatic nitrogens is 2. The number of fused-ring (bicyclic) bond motifs is 1. The fourth-order valence-corrected chi connectivity index (χ4v) is 3.16. The predicted octanol–water partition coefficient (Wildman–Crippen LogP) is 5.09. The number of carbonyl (C=O) groups excluding carboxylic acids is 1. The van der Waals surface area contributed by atoms with Crippen molar-refractivity contribution in [3.63, 3.8) is 0 Å². The van der Waals surface area contributed by atoms with Crippen molar-refractivity contribution in [3.05, 3.63) is 101 Å². The van der Waals surface area contributed by atoms with E-state index in [1.807, 2.05) is 25.3 Å². The van der Waals surface area contributed by atoms with Gasteiger partial charge in [0.05, 0.1) is 23.7 Å². The van der Waals surface area contributed by atoms with Crippen molar-refractivity contribution < 1.29 is 14.7 Å². The van der Waals surface area contributed by atoms with Crippen molar-refractivity contribution in [2.75, 3.05) is 0 Å². The first-order chi connectivity index (χ1) is 14.7. The first-order valence-electron chi connectivity index (χ1n) is 9.55. The van der Waals surface area contributed by atoms with Crippen LogP contribution in [0.2, 0.25) is 0 Å². The van der Waals surface area contributed by atoms with Crippen LogP contribution in [0.25, 0.3) is 10.9 Å². The van der Waals surface area contributed by atoms with E-state index in [9.17, 15) is 9.59 Å². The predicted molar refractivity (Wildman–Crippen MR) is 122 cm³/mol. The number of carboxylic acids is 1. The maximum Gasteiger partial charge on any atom is 0.335 e. The Bertz CT molecular complexity index is 1190. The molecule has 6 nitrogen and oxygen atoms in total. The summed E-state index contributed by atoms with van der Waals surface area (Å²) in [6, 6.07) is 11.5. The summed E-state index contributed by atoms with van der Waals surface area (Å²) >= 11 is 5.74. The van der Waals surface area contributed by atoms with Gasteiger partial charge in [0.25, 0.3) is 5.91 Å². The van der Waals surface area contributed by atoms with E-state index in [4.69, 9.17) is 16.7 Å². The first kappa shape index (κ1) is 22.1. The Labute approximate surface area is 185 Å². The molecule has 1 heterocycles. The second-order valence-corrected chi connectivity index (χ2v) is 7.62. The summed E-state index contributed by atoms with van der Waals surface area (Å²) in [4.78, 5) is 23.9. The smallest absolute Gasteiger partial charge is 0.335 e. The molecule has 3 rings (SSSR count). The zero-order valence-corrected chi connectivity index (χ0v) is 17.8. The molecule has 0 radical (unpaired) electrons. The SMILES string of the molecule is C=C(Cl)/C=C\C(=C)Cn1cc2cccc(C(=O)NC(C)c3ccc(C(=O)O)cc3)c2n1. The van der Waals surface area contributed by atoms with Crippen LogP contribution in [0.15, 0.2) is 84.6 Å². The molecule has 3 aromatic rings. The van der Waals surface area contributed by atoms with E-state index >= 15 is 0 Å². The van der Waals surface area contributed by atoms with Crippen LogP contribution in [0.1, 0.15) is 39.2 Å². The minimum atomic E-state index is -0.990. The van der Waals surface area contributed by atoms with Crippen molar-refractivity contribution in [1.29, 1.82) is 0 Å². The van der Waals surface area contributed by atoms with Crippen LogP contribution >= 0.6 is 11.6 Å². The van der Waals surface area contributed by atoms with Gasteiger partial charge < -0.3 is 10.4 Å².